The molecule has 0 saturated carbocycles. The quantitative estimate of drug-likeness (QED) is 0.750. The number of nitrogens with one attached hydrogen (secondary N) is 1. The fourth-order valence-electron chi connectivity index (χ4n) is 1.79. The molecule has 0 spiro atoms. The van der Waals surface area contributed by atoms with Gasteiger partial charge >= 0.3 is 6.09 Å². The summed E-state index contributed by atoms with van der Waals surface area (Å²) in [4.78, 5) is 15.3. The second-order valence-corrected chi connectivity index (χ2v) is 3.49. The van der Waals surface area contributed by atoms with E-state index in [2.05, 4.69) is 4.98 Å². The van der Waals surface area contributed by atoms with E-state index in [-0.39, 0.29) is 0 Å². The number of H-pyrrole nitrogens is 1. The zero-order valence-corrected chi connectivity index (χ0v) is 8.61. The van der Waals surface area contributed by atoms with Gasteiger partial charge in [0.1, 0.15) is 0 Å². The second kappa shape index (κ2) is 3.31. The number of nitrogens with zero attached hydrogens (tertiary/aromatic N) is 1. The minimum atomic E-state index is -0.956. The Morgan fingerprint density at radius 3 is 2.73 bits per heavy atom. The Balaban J connectivity index is 2.68. The van der Waals surface area contributed by atoms with Crippen LogP contribution < -0.4 is 4.90 Å². The highest BCUT2D eigenvalue weighted by atomic mass is 16.4. The van der Waals surface area contributed by atoms with Crippen LogP contribution in [0.5, 0.6) is 0 Å². The number of aryl methyl sites for hydroxylation is 1. The number of para-hydroxylation sites is 1. The lowest BCUT2D eigenvalue weighted by Gasteiger charge is -2.12. The largest absolute Gasteiger partial charge is 0.465 e. The fraction of sp³-hybridized carbons (Fsp3) is 0.182. The van der Waals surface area contributed by atoms with Gasteiger partial charge < -0.3 is 10.1 Å². The maximum absolute atomic E-state index is 10.9. The van der Waals surface area contributed by atoms with Crippen LogP contribution in [0.2, 0.25) is 0 Å². The highest BCUT2D eigenvalue weighted by Crippen LogP contribution is 2.29. The molecule has 4 heteroatoms. The molecule has 78 valence electrons. The van der Waals surface area contributed by atoms with Gasteiger partial charge in [0.25, 0.3) is 0 Å². The second-order valence-electron chi connectivity index (χ2n) is 3.49. The van der Waals surface area contributed by atoms with Gasteiger partial charge in [-0.05, 0) is 13.0 Å². The number of hydrogen-bond donors (Lipinski definition) is 2. The van der Waals surface area contributed by atoms with Crippen molar-refractivity contribution in [2.24, 2.45) is 0 Å². The third kappa shape index (κ3) is 1.44. The van der Waals surface area contributed by atoms with Crippen LogP contribution in [0.25, 0.3) is 10.9 Å². The minimum absolute atomic E-state index is 0.720. The molecule has 2 aromatic rings. The van der Waals surface area contributed by atoms with Gasteiger partial charge in [0.2, 0.25) is 0 Å². The van der Waals surface area contributed by atoms with E-state index >= 15 is 0 Å². The van der Waals surface area contributed by atoms with E-state index in [0.29, 0.717) is 0 Å². The van der Waals surface area contributed by atoms with Gasteiger partial charge in [0.05, 0.1) is 5.69 Å². The number of amides is 1. The average molecular weight is 204 g/mol. The molecule has 0 aliphatic carbocycles. The Kier molecular flexibility index (Phi) is 2.11. The van der Waals surface area contributed by atoms with Gasteiger partial charge in [-0.25, -0.2) is 4.79 Å². The first-order valence-electron chi connectivity index (χ1n) is 4.65. The molecule has 15 heavy (non-hydrogen) atoms. The van der Waals surface area contributed by atoms with Crippen LogP contribution in [0, 0.1) is 6.92 Å². The summed E-state index contributed by atoms with van der Waals surface area (Å²) in [5, 5.41) is 9.88. The predicted molar refractivity (Wildman–Crippen MR) is 59.5 cm³/mol. The fourth-order valence-corrected chi connectivity index (χ4v) is 1.79. The van der Waals surface area contributed by atoms with Crippen LogP contribution in [-0.2, 0) is 0 Å². The van der Waals surface area contributed by atoms with E-state index in [9.17, 15) is 4.79 Å². The van der Waals surface area contributed by atoms with Crippen molar-refractivity contribution in [2.75, 3.05) is 11.9 Å². The van der Waals surface area contributed by atoms with Crippen LogP contribution in [0.3, 0.4) is 0 Å². The van der Waals surface area contributed by atoms with Gasteiger partial charge in [-0.15, -0.1) is 0 Å². The van der Waals surface area contributed by atoms with E-state index in [0.717, 1.165) is 22.3 Å². The molecule has 4 nitrogen and oxygen atoms in total. The molecule has 0 aliphatic heterocycles. The Morgan fingerprint density at radius 1 is 1.40 bits per heavy atom. The first kappa shape index (κ1) is 9.58. The summed E-state index contributed by atoms with van der Waals surface area (Å²) in [5.74, 6) is 0. The molecule has 0 fully saturated rings. The summed E-state index contributed by atoms with van der Waals surface area (Å²) in [6.45, 7) is 1.87. The van der Waals surface area contributed by atoms with Crippen molar-refractivity contribution in [3.63, 3.8) is 0 Å². The third-order valence-corrected chi connectivity index (χ3v) is 2.48. The molecule has 1 amide bonds. The molecule has 0 radical (unpaired) electrons. The Labute approximate surface area is 87.1 Å². The molecule has 0 bridgehead atoms. The summed E-state index contributed by atoms with van der Waals surface area (Å²) in [6, 6.07) is 7.66. The van der Waals surface area contributed by atoms with Gasteiger partial charge in [0, 0.05) is 23.6 Å². The first-order valence-corrected chi connectivity index (χ1v) is 4.65. The zero-order valence-electron chi connectivity index (χ0n) is 8.61. The van der Waals surface area contributed by atoms with Gasteiger partial charge in [0.15, 0.2) is 0 Å². The van der Waals surface area contributed by atoms with Crippen LogP contribution in [0.1, 0.15) is 5.69 Å². The van der Waals surface area contributed by atoms with Crippen molar-refractivity contribution in [2.45, 2.75) is 6.92 Å². The highest BCUT2D eigenvalue weighted by Gasteiger charge is 2.16. The first-order chi connectivity index (χ1) is 7.11. The summed E-state index contributed by atoms with van der Waals surface area (Å²) < 4.78 is 0. The number of aromatic amines is 1. The zero-order chi connectivity index (χ0) is 11.0. The Morgan fingerprint density at radius 2 is 2.07 bits per heavy atom. The average Bonchev–Trinajstić information content (AvgIpc) is 2.52. The molecule has 1 aromatic carbocycles. The number of aromatic nitrogens is 1. The molecular formula is C11H12N2O2. The van der Waals surface area contributed by atoms with Crippen molar-refractivity contribution in [3.05, 3.63) is 30.0 Å². The van der Waals surface area contributed by atoms with Crippen LogP contribution in [0.4, 0.5) is 10.5 Å². The molecule has 0 unspecified atom stereocenters. The van der Waals surface area contributed by atoms with Crippen molar-refractivity contribution in [3.8, 4) is 0 Å². The molecule has 2 N–H and O–H groups in total. The topological polar surface area (TPSA) is 56.3 Å². The number of anilines is 1. The van der Waals surface area contributed by atoms with Crippen molar-refractivity contribution >= 4 is 22.7 Å². The normalized spacial score (nSPS) is 10.5. The highest BCUT2D eigenvalue weighted by molar-refractivity contribution is 6.01. The van der Waals surface area contributed by atoms with Crippen LogP contribution in [0.15, 0.2) is 24.3 Å². The van der Waals surface area contributed by atoms with Crippen molar-refractivity contribution in [1.82, 2.24) is 4.98 Å². The smallest absolute Gasteiger partial charge is 0.411 e. The molecule has 0 atom stereocenters. The summed E-state index contributed by atoms with van der Waals surface area (Å²) in [5.41, 5.74) is 2.54. The van der Waals surface area contributed by atoms with Gasteiger partial charge in [-0.3, -0.25) is 4.90 Å². The lowest BCUT2D eigenvalue weighted by Crippen LogP contribution is -2.24. The number of carboxylic acid groups (broad SMARTS) is 1. The number of benzene rings is 1. The molecule has 0 aliphatic rings. The van der Waals surface area contributed by atoms with Crippen LogP contribution >= 0.6 is 0 Å². The van der Waals surface area contributed by atoms with Gasteiger partial charge in [-0.1, -0.05) is 18.2 Å². The number of rotatable bonds is 1. The standard InChI is InChI=1S/C11H12N2O2/c1-7-10(13(2)11(14)15)8-5-3-4-6-9(8)12-7/h3-6,12H,1-2H3,(H,14,15). The monoisotopic (exact) mass is 204 g/mol. The number of carbonyl (C=O) groups is 1. The minimum Gasteiger partial charge on any atom is -0.465 e. The summed E-state index contributed by atoms with van der Waals surface area (Å²) in [6.07, 6.45) is -0.956. The number of hydrogen-bond acceptors (Lipinski definition) is 1. The SMILES string of the molecule is Cc1[nH]c2ccccc2c1N(C)C(=O)O. The maximum atomic E-state index is 10.9. The molecular weight excluding hydrogens is 192 g/mol. The van der Waals surface area contributed by atoms with Gasteiger partial charge in [-0.2, -0.15) is 0 Å². The van der Waals surface area contributed by atoms with Crippen molar-refractivity contribution < 1.29 is 9.90 Å². The number of fused-ring (bicyclic) bond motifs is 1. The van der Waals surface area contributed by atoms with E-state index in [1.54, 1.807) is 7.05 Å². The van der Waals surface area contributed by atoms with E-state index in [1.165, 1.54) is 4.90 Å². The maximum Gasteiger partial charge on any atom is 0.411 e. The Bertz CT molecular complexity index is 516. The van der Waals surface area contributed by atoms with E-state index in [1.807, 2.05) is 31.2 Å². The third-order valence-electron chi connectivity index (χ3n) is 2.48. The summed E-state index contributed by atoms with van der Waals surface area (Å²) >= 11 is 0. The van der Waals surface area contributed by atoms with Crippen molar-refractivity contribution in [1.29, 1.82) is 0 Å². The lowest BCUT2D eigenvalue weighted by molar-refractivity contribution is 0.203. The molecule has 2 rings (SSSR count). The molecule has 0 saturated heterocycles. The molecule has 1 aromatic heterocycles. The Hall–Kier alpha value is -1.97. The lowest BCUT2D eigenvalue weighted by atomic mass is 10.2. The molecule has 1 heterocycles. The summed E-state index contributed by atoms with van der Waals surface area (Å²) in [7, 11) is 1.55. The van der Waals surface area contributed by atoms with E-state index < -0.39 is 6.09 Å². The van der Waals surface area contributed by atoms with E-state index in [4.69, 9.17) is 5.11 Å². The predicted octanol–water partition coefficient (Wildman–Crippen LogP) is 2.59. The van der Waals surface area contributed by atoms with Crippen LogP contribution in [-0.4, -0.2) is 23.2 Å².